The van der Waals surface area contributed by atoms with Gasteiger partial charge in [0, 0.05) is 12.5 Å². The average molecular weight is 283 g/mol. The van der Waals surface area contributed by atoms with Gasteiger partial charge in [-0.15, -0.1) is 0 Å². The van der Waals surface area contributed by atoms with E-state index in [1.807, 2.05) is 13.8 Å². The topological polar surface area (TPSA) is 66.4 Å². The minimum atomic E-state index is -0.809. The molecule has 4 nitrogen and oxygen atoms in total. The van der Waals surface area contributed by atoms with Crippen LogP contribution in [0, 0.1) is 17.8 Å². The number of amides is 1. The lowest BCUT2D eigenvalue weighted by atomic mass is 9.90. The van der Waals surface area contributed by atoms with Crippen LogP contribution in [0.3, 0.4) is 0 Å². The molecule has 0 aliphatic heterocycles. The highest BCUT2D eigenvalue weighted by Gasteiger charge is 2.23. The Kier molecular flexibility index (Phi) is 7.63. The van der Waals surface area contributed by atoms with Gasteiger partial charge in [0.1, 0.15) is 0 Å². The maximum atomic E-state index is 12.2. The first-order valence-corrected chi connectivity index (χ1v) is 8.01. The third-order valence-corrected chi connectivity index (χ3v) is 4.10. The van der Waals surface area contributed by atoms with Gasteiger partial charge in [-0.3, -0.25) is 9.59 Å². The van der Waals surface area contributed by atoms with E-state index >= 15 is 0 Å². The minimum absolute atomic E-state index is 0.0573. The second-order valence-corrected chi connectivity index (χ2v) is 6.45. The Morgan fingerprint density at radius 1 is 1.10 bits per heavy atom. The van der Waals surface area contributed by atoms with Gasteiger partial charge >= 0.3 is 5.97 Å². The molecule has 1 saturated carbocycles. The first kappa shape index (κ1) is 17.0. The second-order valence-electron chi connectivity index (χ2n) is 6.45. The van der Waals surface area contributed by atoms with Crippen molar-refractivity contribution in [3.63, 3.8) is 0 Å². The molecule has 0 saturated heterocycles. The summed E-state index contributed by atoms with van der Waals surface area (Å²) in [4.78, 5) is 23.3. The Labute approximate surface area is 122 Å². The second kappa shape index (κ2) is 8.98. The fourth-order valence-corrected chi connectivity index (χ4v) is 2.93. The van der Waals surface area contributed by atoms with Crippen molar-refractivity contribution >= 4 is 11.9 Å². The number of carbonyl (C=O) groups excluding carboxylic acids is 1. The van der Waals surface area contributed by atoms with Crippen LogP contribution in [-0.2, 0) is 9.59 Å². The Morgan fingerprint density at radius 2 is 1.65 bits per heavy atom. The van der Waals surface area contributed by atoms with E-state index in [9.17, 15) is 14.7 Å². The number of aliphatic carboxylic acids is 1. The summed E-state index contributed by atoms with van der Waals surface area (Å²) in [6.07, 6.45) is 8.47. The van der Waals surface area contributed by atoms with Gasteiger partial charge in [0.25, 0.3) is 0 Å². The molecule has 1 amide bonds. The largest absolute Gasteiger partial charge is 0.481 e. The molecule has 116 valence electrons. The molecule has 1 atom stereocenters. The summed E-state index contributed by atoms with van der Waals surface area (Å²) in [5, 5.41) is 12.0. The van der Waals surface area contributed by atoms with E-state index in [2.05, 4.69) is 5.32 Å². The monoisotopic (exact) mass is 283 g/mol. The van der Waals surface area contributed by atoms with Crippen molar-refractivity contribution in [1.29, 1.82) is 0 Å². The van der Waals surface area contributed by atoms with Crippen molar-refractivity contribution in [2.45, 2.75) is 65.2 Å². The van der Waals surface area contributed by atoms with Gasteiger partial charge < -0.3 is 10.4 Å². The number of hydrogen-bond donors (Lipinski definition) is 2. The van der Waals surface area contributed by atoms with E-state index in [1.54, 1.807) is 0 Å². The fourth-order valence-electron chi connectivity index (χ4n) is 2.93. The van der Waals surface area contributed by atoms with Crippen molar-refractivity contribution in [3.05, 3.63) is 0 Å². The number of carboxylic acids is 1. The summed E-state index contributed by atoms with van der Waals surface area (Å²) in [6, 6.07) is 0. The summed E-state index contributed by atoms with van der Waals surface area (Å²) in [5.74, 6) is -0.802. The SMILES string of the molecule is CC(C)CC(CNC(=O)C1CCCCCCC1)C(=O)O. The molecule has 2 N–H and O–H groups in total. The Morgan fingerprint density at radius 3 is 2.15 bits per heavy atom. The lowest BCUT2D eigenvalue weighted by Gasteiger charge is -2.21. The number of carboxylic acid groups (broad SMARTS) is 1. The van der Waals surface area contributed by atoms with Crippen LogP contribution < -0.4 is 5.32 Å². The maximum absolute atomic E-state index is 12.2. The quantitative estimate of drug-likeness (QED) is 0.786. The van der Waals surface area contributed by atoms with Gasteiger partial charge in [-0.1, -0.05) is 46.0 Å². The normalized spacial score (nSPS) is 19.1. The molecule has 1 rings (SSSR count). The first-order valence-electron chi connectivity index (χ1n) is 8.01. The molecule has 20 heavy (non-hydrogen) atoms. The molecule has 0 bridgehead atoms. The standard InChI is InChI=1S/C16H29NO3/c1-12(2)10-14(16(19)20)11-17-15(18)13-8-6-4-3-5-7-9-13/h12-14H,3-11H2,1-2H3,(H,17,18)(H,19,20). The van der Waals surface area contributed by atoms with Crippen LogP contribution in [-0.4, -0.2) is 23.5 Å². The van der Waals surface area contributed by atoms with Gasteiger partial charge in [0.2, 0.25) is 5.91 Å². The van der Waals surface area contributed by atoms with Crippen LogP contribution in [0.25, 0.3) is 0 Å². The van der Waals surface area contributed by atoms with Crippen LogP contribution >= 0.6 is 0 Å². The van der Waals surface area contributed by atoms with E-state index in [-0.39, 0.29) is 18.4 Å². The molecular weight excluding hydrogens is 254 g/mol. The zero-order valence-corrected chi connectivity index (χ0v) is 12.9. The van der Waals surface area contributed by atoms with Crippen LogP contribution in [0.2, 0.25) is 0 Å². The fraction of sp³-hybridized carbons (Fsp3) is 0.875. The van der Waals surface area contributed by atoms with Crippen LogP contribution in [0.4, 0.5) is 0 Å². The van der Waals surface area contributed by atoms with Gasteiger partial charge in [-0.05, 0) is 25.2 Å². The molecule has 1 aliphatic carbocycles. The predicted molar refractivity (Wildman–Crippen MR) is 79.4 cm³/mol. The molecule has 0 spiro atoms. The highest BCUT2D eigenvalue weighted by molar-refractivity contribution is 5.79. The van der Waals surface area contributed by atoms with Gasteiger partial charge in [-0.25, -0.2) is 0 Å². The lowest BCUT2D eigenvalue weighted by Crippen LogP contribution is -2.37. The number of carbonyl (C=O) groups is 2. The third kappa shape index (κ3) is 6.40. The highest BCUT2D eigenvalue weighted by atomic mass is 16.4. The predicted octanol–water partition coefficient (Wildman–Crippen LogP) is 3.21. The Hall–Kier alpha value is -1.06. The number of hydrogen-bond acceptors (Lipinski definition) is 2. The van der Waals surface area contributed by atoms with Crippen molar-refractivity contribution < 1.29 is 14.7 Å². The Bertz CT molecular complexity index is 307. The molecule has 0 aromatic rings. The van der Waals surface area contributed by atoms with Crippen LogP contribution in [0.5, 0.6) is 0 Å². The number of nitrogens with one attached hydrogen (secondary N) is 1. The molecule has 0 heterocycles. The van der Waals surface area contributed by atoms with E-state index in [0.717, 1.165) is 25.7 Å². The molecule has 4 heteroatoms. The summed E-state index contributed by atoms with van der Waals surface area (Å²) >= 11 is 0. The summed E-state index contributed by atoms with van der Waals surface area (Å²) < 4.78 is 0. The zero-order chi connectivity index (χ0) is 15.0. The van der Waals surface area contributed by atoms with Gasteiger partial charge in [0.05, 0.1) is 5.92 Å². The zero-order valence-electron chi connectivity index (χ0n) is 12.9. The van der Waals surface area contributed by atoms with Crippen molar-refractivity contribution in [1.82, 2.24) is 5.32 Å². The number of rotatable bonds is 6. The molecule has 1 fully saturated rings. The average Bonchev–Trinajstić information content (AvgIpc) is 2.32. The van der Waals surface area contributed by atoms with Crippen LogP contribution in [0.1, 0.15) is 65.2 Å². The molecule has 1 unspecified atom stereocenters. The van der Waals surface area contributed by atoms with Gasteiger partial charge in [-0.2, -0.15) is 0 Å². The molecule has 0 aromatic carbocycles. The van der Waals surface area contributed by atoms with Crippen molar-refractivity contribution in [2.75, 3.05) is 6.54 Å². The van der Waals surface area contributed by atoms with Crippen LogP contribution in [0.15, 0.2) is 0 Å². The summed E-state index contributed by atoms with van der Waals surface area (Å²) in [7, 11) is 0. The molecule has 1 aliphatic rings. The molecule has 0 aromatic heterocycles. The van der Waals surface area contributed by atoms with Gasteiger partial charge in [0.15, 0.2) is 0 Å². The van der Waals surface area contributed by atoms with Crippen molar-refractivity contribution in [3.8, 4) is 0 Å². The molecule has 0 radical (unpaired) electrons. The highest BCUT2D eigenvalue weighted by Crippen LogP contribution is 2.22. The summed E-state index contributed by atoms with van der Waals surface area (Å²) in [6.45, 7) is 4.28. The summed E-state index contributed by atoms with van der Waals surface area (Å²) in [5.41, 5.74) is 0. The minimum Gasteiger partial charge on any atom is -0.481 e. The van der Waals surface area contributed by atoms with E-state index < -0.39 is 11.9 Å². The Balaban J connectivity index is 2.40. The third-order valence-electron chi connectivity index (χ3n) is 4.10. The lowest BCUT2D eigenvalue weighted by molar-refractivity contribution is -0.142. The van der Waals surface area contributed by atoms with E-state index in [1.165, 1.54) is 19.3 Å². The van der Waals surface area contributed by atoms with E-state index in [4.69, 9.17) is 0 Å². The van der Waals surface area contributed by atoms with Crippen molar-refractivity contribution in [2.24, 2.45) is 17.8 Å². The smallest absolute Gasteiger partial charge is 0.308 e. The maximum Gasteiger partial charge on any atom is 0.308 e. The first-order chi connectivity index (χ1) is 9.50. The molecular formula is C16H29NO3. The van der Waals surface area contributed by atoms with E-state index in [0.29, 0.717) is 12.3 Å².